The van der Waals surface area contributed by atoms with E-state index < -0.39 is 34.5 Å². The summed E-state index contributed by atoms with van der Waals surface area (Å²) in [5, 5.41) is 0. The highest BCUT2D eigenvalue weighted by Gasteiger charge is 2.23. The first-order valence-corrected chi connectivity index (χ1v) is 9.97. The fraction of sp³-hybridized carbons (Fsp3) is 0.263. The van der Waals surface area contributed by atoms with Crippen molar-refractivity contribution in [2.24, 2.45) is 0 Å². The Balaban J connectivity index is 1.85. The summed E-state index contributed by atoms with van der Waals surface area (Å²) in [5.74, 6) is -0.736. The fourth-order valence-electron chi connectivity index (χ4n) is 2.21. The lowest BCUT2D eigenvalue weighted by Gasteiger charge is -2.18. The Bertz CT molecular complexity index is 914. The van der Waals surface area contributed by atoms with E-state index in [1.165, 1.54) is 26.1 Å². The maximum absolute atomic E-state index is 12.5. The van der Waals surface area contributed by atoms with Gasteiger partial charge < -0.3 is 4.74 Å². The van der Waals surface area contributed by atoms with E-state index in [9.17, 15) is 18.0 Å². The van der Waals surface area contributed by atoms with Gasteiger partial charge in [-0.1, -0.05) is 35.9 Å². The number of para-hydroxylation sites is 1. The number of nitrogens with one attached hydrogen (secondary N) is 2. The van der Waals surface area contributed by atoms with Gasteiger partial charge in [-0.2, -0.15) is 4.31 Å². The highest BCUT2D eigenvalue weighted by Crippen LogP contribution is 2.14. The van der Waals surface area contributed by atoms with Crippen molar-refractivity contribution in [3.63, 3.8) is 0 Å². The smallest absolute Gasteiger partial charge is 0.279 e. The number of benzene rings is 2. The molecule has 1 unspecified atom stereocenters. The number of nitrogens with zero attached hydrogens (tertiary/aromatic N) is 1. The third-order valence-corrected chi connectivity index (χ3v) is 5.66. The number of amides is 2. The zero-order valence-electron chi connectivity index (χ0n) is 15.9. The second-order valence-electron chi connectivity index (χ2n) is 6.18. The normalized spacial score (nSPS) is 12.3. The molecule has 0 radical (unpaired) electrons. The molecule has 2 N–H and O–H groups in total. The van der Waals surface area contributed by atoms with Crippen LogP contribution in [-0.2, 0) is 19.6 Å². The van der Waals surface area contributed by atoms with E-state index in [1.807, 2.05) is 13.0 Å². The Labute approximate surface area is 164 Å². The molecule has 9 heteroatoms. The van der Waals surface area contributed by atoms with E-state index in [0.717, 1.165) is 9.87 Å². The van der Waals surface area contributed by atoms with Crippen LogP contribution in [0.3, 0.4) is 0 Å². The highest BCUT2D eigenvalue weighted by molar-refractivity contribution is 7.89. The lowest BCUT2D eigenvalue weighted by molar-refractivity contribution is -0.132. The molecule has 0 saturated carbocycles. The van der Waals surface area contributed by atoms with Crippen LogP contribution in [0.15, 0.2) is 59.5 Å². The second kappa shape index (κ2) is 9.34. The van der Waals surface area contributed by atoms with Gasteiger partial charge in [-0.25, -0.2) is 8.42 Å². The van der Waals surface area contributed by atoms with Crippen molar-refractivity contribution in [1.29, 1.82) is 0 Å². The molecule has 2 aromatic rings. The van der Waals surface area contributed by atoms with Gasteiger partial charge in [-0.3, -0.25) is 20.4 Å². The van der Waals surface area contributed by atoms with Gasteiger partial charge in [-0.05, 0) is 38.1 Å². The molecule has 2 rings (SSSR count). The lowest BCUT2D eigenvalue weighted by atomic mass is 10.2. The summed E-state index contributed by atoms with van der Waals surface area (Å²) in [7, 11) is -2.52. The van der Waals surface area contributed by atoms with Crippen LogP contribution in [0.1, 0.15) is 12.5 Å². The molecular weight excluding hydrogens is 382 g/mol. The molecule has 0 aliphatic carbocycles. The molecular formula is C19H23N3O5S. The molecule has 0 aliphatic rings. The van der Waals surface area contributed by atoms with Gasteiger partial charge in [0.05, 0.1) is 11.4 Å². The number of hydrazine groups is 1. The second-order valence-corrected chi connectivity index (χ2v) is 8.23. The summed E-state index contributed by atoms with van der Waals surface area (Å²) < 4.78 is 31.3. The number of sulfonamides is 1. The predicted molar refractivity (Wildman–Crippen MR) is 104 cm³/mol. The Morgan fingerprint density at radius 1 is 1.04 bits per heavy atom. The van der Waals surface area contributed by atoms with Crippen molar-refractivity contribution in [2.45, 2.75) is 24.8 Å². The van der Waals surface area contributed by atoms with Gasteiger partial charge >= 0.3 is 0 Å². The first kappa shape index (κ1) is 21.4. The minimum atomic E-state index is -3.81. The number of carbonyl (C=O) groups is 2. The van der Waals surface area contributed by atoms with Crippen molar-refractivity contribution < 1.29 is 22.7 Å². The number of hydrogen-bond acceptors (Lipinski definition) is 5. The molecule has 0 saturated heterocycles. The Hall–Kier alpha value is -2.91. The molecule has 0 aliphatic heterocycles. The molecule has 0 heterocycles. The number of hydrogen-bond donors (Lipinski definition) is 2. The van der Waals surface area contributed by atoms with E-state index in [0.29, 0.717) is 5.75 Å². The minimum Gasteiger partial charge on any atom is -0.481 e. The molecule has 150 valence electrons. The van der Waals surface area contributed by atoms with Gasteiger partial charge in [0.1, 0.15) is 5.75 Å². The zero-order valence-corrected chi connectivity index (χ0v) is 16.7. The van der Waals surface area contributed by atoms with Crippen LogP contribution < -0.4 is 15.6 Å². The SMILES string of the molecule is Cc1ccc(S(=O)(=O)N(C)CC(=O)NNC(=O)C(C)Oc2ccccc2)cc1. The summed E-state index contributed by atoms with van der Waals surface area (Å²) in [5.41, 5.74) is 5.33. The Morgan fingerprint density at radius 3 is 2.25 bits per heavy atom. The number of aryl methyl sites for hydroxylation is 1. The summed E-state index contributed by atoms with van der Waals surface area (Å²) in [6, 6.07) is 15.1. The molecule has 8 nitrogen and oxygen atoms in total. The van der Waals surface area contributed by atoms with E-state index in [1.54, 1.807) is 36.4 Å². The standard InChI is InChI=1S/C19H23N3O5S/c1-14-9-11-17(12-10-14)28(25,26)22(3)13-18(23)20-21-19(24)15(2)27-16-7-5-4-6-8-16/h4-12,15H,13H2,1-3H3,(H,20,23)(H,21,24). The number of ether oxygens (including phenoxy) is 1. The van der Waals surface area contributed by atoms with Crippen molar-refractivity contribution in [3.05, 3.63) is 60.2 Å². The monoisotopic (exact) mass is 405 g/mol. The minimum absolute atomic E-state index is 0.0855. The van der Waals surface area contributed by atoms with Gasteiger partial charge in [-0.15, -0.1) is 0 Å². The Kier molecular flexibility index (Phi) is 7.13. The van der Waals surface area contributed by atoms with Crippen molar-refractivity contribution >= 4 is 21.8 Å². The number of likely N-dealkylation sites (N-methyl/N-ethyl adjacent to an activating group) is 1. The van der Waals surface area contributed by atoms with E-state index in [-0.39, 0.29) is 4.90 Å². The molecule has 2 aromatic carbocycles. The Morgan fingerprint density at radius 2 is 1.64 bits per heavy atom. The first-order chi connectivity index (χ1) is 13.2. The maximum Gasteiger partial charge on any atom is 0.279 e. The van der Waals surface area contributed by atoms with Gasteiger partial charge in [0.15, 0.2) is 6.10 Å². The maximum atomic E-state index is 12.5. The molecule has 0 bridgehead atoms. The summed E-state index contributed by atoms with van der Waals surface area (Å²) in [6.07, 6.45) is -0.850. The molecule has 1 atom stereocenters. The lowest BCUT2D eigenvalue weighted by Crippen LogP contribution is -2.50. The van der Waals surface area contributed by atoms with Crippen LogP contribution in [0.2, 0.25) is 0 Å². The van der Waals surface area contributed by atoms with Crippen molar-refractivity contribution in [3.8, 4) is 5.75 Å². The molecule has 0 spiro atoms. The average molecular weight is 405 g/mol. The predicted octanol–water partition coefficient (Wildman–Crippen LogP) is 1.23. The zero-order chi connectivity index (χ0) is 20.7. The quantitative estimate of drug-likeness (QED) is 0.674. The highest BCUT2D eigenvalue weighted by atomic mass is 32.2. The molecule has 28 heavy (non-hydrogen) atoms. The van der Waals surface area contributed by atoms with Gasteiger partial charge in [0.25, 0.3) is 11.8 Å². The van der Waals surface area contributed by atoms with Crippen LogP contribution in [-0.4, -0.2) is 44.2 Å². The fourth-order valence-corrected chi connectivity index (χ4v) is 3.33. The molecule has 2 amide bonds. The van der Waals surface area contributed by atoms with Gasteiger partial charge in [0.2, 0.25) is 10.0 Å². The van der Waals surface area contributed by atoms with E-state index in [2.05, 4.69) is 10.9 Å². The van der Waals surface area contributed by atoms with Crippen LogP contribution in [0.5, 0.6) is 5.75 Å². The third-order valence-electron chi connectivity index (χ3n) is 3.85. The van der Waals surface area contributed by atoms with E-state index in [4.69, 9.17) is 4.74 Å². The van der Waals surface area contributed by atoms with Crippen LogP contribution in [0, 0.1) is 6.92 Å². The third kappa shape index (κ3) is 5.80. The summed E-state index contributed by atoms with van der Waals surface area (Å²) >= 11 is 0. The summed E-state index contributed by atoms with van der Waals surface area (Å²) in [6.45, 7) is 2.92. The van der Waals surface area contributed by atoms with Gasteiger partial charge in [0, 0.05) is 7.05 Å². The number of carbonyl (C=O) groups excluding carboxylic acids is 2. The first-order valence-electron chi connectivity index (χ1n) is 8.53. The largest absolute Gasteiger partial charge is 0.481 e. The molecule has 0 fully saturated rings. The van der Waals surface area contributed by atoms with Crippen LogP contribution >= 0.6 is 0 Å². The summed E-state index contributed by atoms with van der Waals surface area (Å²) in [4.78, 5) is 24.1. The molecule has 0 aromatic heterocycles. The number of rotatable bonds is 7. The topological polar surface area (TPSA) is 105 Å². The van der Waals surface area contributed by atoms with Crippen molar-refractivity contribution in [2.75, 3.05) is 13.6 Å². The van der Waals surface area contributed by atoms with Crippen molar-refractivity contribution in [1.82, 2.24) is 15.2 Å². The van der Waals surface area contributed by atoms with Crippen LogP contribution in [0.4, 0.5) is 0 Å². The average Bonchev–Trinajstić information content (AvgIpc) is 2.67. The van der Waals surface area contributed by atoms with E-state index >= 15 is 0 Å². The van der Waals surface area contributed by atoms with Crippen LogP contribution in [0.25, 0.3) is 0 Å².